The summed E-state index contributed by atoms with van der Waals surface area (Å²) in [6, 6.07) is 4.48. The van der Waals surface area contributed by atoms with E-state index in [0.29, 0.717) is 17.8 Å². The third-order valence-electron chi connectivity index (χ3n) is 5.66. The molecule has 0 saturated heterocycles. The van der Waals surface area contributed by atoms with Gasteiger partial charge in [0.25, 0.3) is 0 Å². The normalized spacial score (nSPS) is 20.5. The number of methoxy groups -OCH3 is 2. The lowest BCUT2D eigenvalue weighted by molar-refractivity contribution is 0.299. The minimum atomic E-state index is 0.378. The zero-order chi connectivity index (χ0) is 18.4. The van der Waals surface area contributed by atoms with Crippen LogP contribution in [0.3, 0.4) is 0 Å². The predicted molar refractivity (Wildman–Crippen MR) is 107 cm³/mol. The molecular formula is C23H36O2. The molecule has 0 amide bonds. The highest BCUT2D eigenvalue weighted by molar-refractivity contribution is 5.52. The van der Waals surface area contributed by atoms with E-state index in [1.54, 1.807) is 14.2 Å². The second-order valence-electron chi connectivity index (χ2n) is 7.86. The molecule has 0 N–H and O–H groups in total. The van der Waals surface area contributed by atoms with E-state index in [1.165, 1.54) is 48.8 Å². The summed E-state index contributed by atoms with van der Waals surface area (Å²) in [5.74, 6) is 3.65. The van der Waals surface area contributed by atoms with Crippen molar-refractivity contribution in [3.05, 3.63) is 34.9 Å². The quantitative estimate of drug-likeness (QED) is 0.394. The summed E-state index contributed by atoms with van der Waals surface area (Å²) in [6.45, 7) is 9.17. The molecule has 1 aromatic carbocycles. The van der Waals surface area contributed by atoms with Crippen LogP contribution >= 0.6 is 0 Å². The van der Waals surface area contributed by atoms with Crippen molar-refractivity contribution in [3.8, 4) is 11.5 Å². The number of ether oxygens (including phenoxy) is 2. The second kappa shape index (κ2) is 9.31. The number of hydrogen-bond acceptors (Lipinski definition) is 2. The molecule has 0 aromatic heterocycles. The summed E-state index contributed by atoms with van der Waals surface area (Å²) >= 11 is 0. The zero-order valence-electron chi connectivity index (χ0n) is 17.0. The number of unbranched alkanes of at least 4 members (excludes halogenated alkanes) is 2. The Kier molecular flexibility index (Phi) is 7.40. The van der Waals surface area contributed by atoms with Gasteiger partial charge in [-0.15, -0.1) is 0 Å². The molecule has 0 aliphatic heterocycles. The van der Waals surface area contributed by atoms with Gasteiger partial charge in [0.1, 0.15) is 11.5 Å². The van der Waals surface area contributed by atoms with Crippen LogP contribution in [0.25, 0.3) is 0 Å². The van der Waals surface area contributed by atoms with Crippen LogP contribution in [0.2, 0.25) is 0 Å². The number of hydrogen-bond donors (Lipinski definition) is 0. The van der Waals surface area contributed by atoms with E-state index in [-0.39, 0.29) is 0 Å². The topological polar surface area (TPSA) is 18.5 Å². The highest BCUT2D eigenvalue weighted by Crippen LogP contribution is 2.47. The Balaban J connectivity index is 2.45. The molecule has 1 aromatic rings. The summed E-state index contributed by atoms with van der Waals surface area (Å²) < 4.78 is 11.7. The first-order valence-electron chi connectivity index (χ1n) is 9.93. The largest absolute Gasteiger partial charge is 0.496 e. The lowest BCUT2D eigenvalue weighted by atomic mass is 9.71. The maximum absolute atomic E-state index is 5.84. The van der Waals surface area contributed by atoms with Crippen LogP contribution in [-0.4, -0.2) is 14.2 Å². The standard InChI is InChI=1S/C23H36O2/c1-7-8-9-10-18-14-21(24-5)23(22(15-18)25-6)20-13-17(4)11-12-19(20)16(2)3/h13-16,19-20H,7-12H2,1-6H3/t19-,20+/m0/s1. The van der Waals surface area contributed by atoms with Crippen molar-refractivity contribution < 1.29 is 9.47 Å². The monoisotopic (exact) mass is 344 g/mol. The van der Waals surface area contributed by atoms with Gasteiger partial charge < -0.3 is 9.47 Å². The Labute approximate surface area is 154 Å². The van der Waals surface area contributed by atoms with Gasteiger partial charge in [0.05, 0.1) is 14.2 Å². The lowest BCUT2D eigenvalue weighted by Crippen LogP contribution is -2.22. The van der Waals surface area contributed by atoms with Crippen LogP contribution in [0.4, 0.5) is 0 Å². The Hall–Kier alpha value is -1.44. The van der Waals surface area contributed by atoms with E-state index in [1.807, 2.05) is 0 Å². The molecule has 0 heterocycles. The fraction of sp³-hybridized carbons (Fsp3) is 0.652. The van der Waals surface area contributed by atoms with E-state index < -0.39 is 0 Å². The van der Waals surface area contributed by atoms with Gasteiger partial charge >= 0.3 is 0 Å². The third-order valence-corrected chi connectivity index (χ3v) is 5.66. The molecule has 0 bridgehead atoms. The van der Waals surface area contributed by atoms with Gasteiger partial charge in [-0.25, -0.2) is 0 Å². The molecule has 2 rings (SSSR count). The van der Waals surface area contributed by atoms with Crippen molar-refractivity contribution in [3.63, 3.8) is 0 Å². The molecule has 1 aliphatic carbocycles. The molecule has 1 aliphatic rings. The Bertz CT molecular complexity index is 561. The predicted octanol–water partition coefficient (Wildman–Crippen LogP) is 6.53. The van der Waals surface area contributed by atoms with Crippen molar-refractivity contribution in [2.45, 2.75) is 72.1 Å². The summed E-state index contributed by atoms with van der Waals surface area (Å²) in [6.07, 6.45) is 9.73. The third kappa shape index (κ3) is 4.80. The van der Waals surface area contributed by atoms with E-state index in [2.05, 4.69) is 45.9 Å². The maximum Gasteiger partial charge on any atom is 0.126 e. The molecule has 0 spiro atoms. The zero-order valence-corrected chi connectivity index (χ0v) is 17.0. The van der Waals surface area contributed by atoms with Crippen LogP contribution in [0.5, 0.6) is 11.5 Å². The molecular weight excluding hydrogens is 308 g/mol. The molecule has 0 saturated carbocycles. The van der Waals surface area contributed by atoms with Gasteiger partial charge in [-0.05, 0) is 62.1 Å². The van der Waals surface area contributed by atoms with Crippen LogP contribution in [-0.2, 0) is 6.42 Å². The Morgan fingerprint density at radius 3 is 2.24 bits per heavy atom. The van der Waals surface area contributed by atoms with Gasteiger partial charge in [-0.2, -0.15) is 0 Å². The first-order chi connectivity index (χ1) is 12.0. The van der Waals surface area contributed by atoms with E-state index >= 15 is 0 Å². The van der Waals surface area contributed by atoms with Crippen LogP contribution in [0.15, 0.2) is 23.8 Å². The van der Waals surface area contributed by atoms with Crippen molar-refractivity contribution in [1.29, 1.82) is 0 Å². The van der Waals surface area contributed by atoms with Gasteiger partial charge in [-0.3, -0.25) is 0 Å². The highest BCUT2D eigenvalue weighted by atomic mass is 16.5. The fourth-order valence-electron chi connectivity index (χ4n) is 4.18. The Morgan fingerprint density at radius 2 is 1.72 bits per heavy atom. The fourth-order valence-corrected chi connectivity index (χ4v) is 4.18. The number of benzene rings is 1. The first-order valence-corrected chi connectivity index (χ1v) is 9.93. The average molecular weight is 345 g/mol. The van der Waals surface area contributed by atoms with Crippen molar-refractivity contribution in [1.82, 2.24) is 0 Å². The molecule has 140 valence electrons. The minimum Gasteiger partial charge on any atom is -0.496 e. The van der Waals surface area contributed by atoms with Gasteiger partial charge in [-0.1, -0.05) is 45.3 Å². The van der Waals surface area contributed by atoms with Crippen molar-refractivity contribution in [2.75, 3.05) is 14.2 Å². The molecule has 2 atom stereocenters. The van der Waals surface area contributed by atoms with Crippen LogP contribution in [0, 0.1) is 11.8 Å². The minimum absolute atomic E-state index is 0.378. The molecule has 25 heavy (non-hydrogen) atoms. The molecule has 0 radical (unpaired) electrons. The van der Waals surface area contributed by atoms with Gasteiger partial charge in [0.15, 0.2) is 0 Å². The highest BCUT2D eigenvalue weighted by Gasteiger charge is 2.32. The molecule has 0 unspecified atom stereocenters. The van der Waals surface area contributed by atoms with E-state index in [4.69, 9.17) is 9.47 Å². The molecule has 2 heteroatoms. The SMILES string of the molecule is CCCCCc1cc(OC)c([C@@H]2C=C(C)CC[C@H]2C(C)C)c(OC)c1. The summed E-state index contributed by atoms with van der Waals surface area (Å²) in [5, 5.41) is 0. The molecule has 0 fully saturated rings. The number of rotatable bonds is 8. The van der Waals surface area contributed by atoms with Crippen molar-refractivity contribution in [2.24, 2.45) is 11.8 Å². The maximum atomic E-state index is 5.84. The van der Waals surface area contributed by atoms with Gasteiger partial charge in [0, 0.05) is 11.5 Å². The summed E-state index contributed by atoms with van der Waals surface area (Å²) in [4.78, 5) is 0. The van der Waals surface area contributed by atoms with E-state index in [0.717, 1.165) is 17.9 Å². The second-order valence-corrected chi connectivity index (χ2v) is 7.86. The van der Waals surface area contributed by atoms with Crippen LogP contribution in [0.1, 0.15) is 76.8 Å². The lowest BCUT2D eigenvalue weighted by Gasteiger charge is -2.34. The smallest absolute Gasteiger partial charge is 0.126 e. The Morgan fingerprint density at radius 1 is 1.08 bits per heavy atom. The van der Waals surface area contributed by atoms with Crippen molar-refractivity contribution >= 4 is 0 Å². The summed E-state index contributed by atoms with van der Waals surface area (Å²) in [5.41, 5.74) is 4.04. The number of allylic oxidation sites excluding steroid dienone is 2. The number of aryl methyl sites for hydroxylation is 1. The molecule has 2 nitrogen and oxygen atoms in total. The average Bonchev–Trinajstić information content (AvgIpc) is 2.60. The van der Waals surface area contributed by atoms with Gasteiger partial charge in [0.2, 0.25) is 0 Å². The summed E-state index contributed by atoms with van der Waals surface area (Å²) in [7, 11) is 3.58. The van der Waals surface area contributed by atoms with Crippen LogP contribution < -0.4 is 9.47 Å². The first kappa shape index (κ1) is 19.9. The van der Waals surface area contributed by atoms with E-state index in [9.17, 15) is 0 Å².